The number of halogens is 1. The van der Waals surface area contributed by atoms with Crippen molar-refractivity contribution in [3.05, 3.63) is 28.8 Å². The lowest BCUT2D eigenvalue weighted by molar-refractivity contribution is 0.0600. The second-order valence-electron chi connectivity index (χ2n) is 3.17. The van der Waals surface area contributed by atoms with Crippen LogP contribution < -0.4 is 5.73 Å². The Morgan fingerprint density at radius 2 is 2.25 bits per heavy atom. The van der Waals surface area contributed by atoms with Gasteiger partial charge in [0.2, 0.25) is 0 Å². The van der Waals surface area contributed by atoms with Crippen LogP contribution in [-0.4, -0.2) is 18.4 Å². The van der Waals surface area contributed by atoms with Crippen molar-refractivity contribution >= 4 is 27.6 Å². The van der Waals surface area contributed by atoms with E-state index in [1.807, 2.05) is 0 Å². The molecular weight excluding hydrogens is 270 g/mol. The monoisotopic (exact) mass is 281 g/mol. The van der Waals surface area contributed by atoms with Crippen molar-refractivity contribution in [3.8, 4) is 11.8 Å². The van der Waals surface area contributed by atoms with E-state index in [0.717, 1.165) is 5.56 Å². The predicted molar refractivity (Wildman–Crippen MR) is 67.6 cm³/mol. The van der Waals surface area contributed by atoms with Gasteiger partial charge in [-0.15, -0.1) is 0 Å². The molecule has 1 rings (SSSR count). The van der Waals surface area contributed by atoms with Crippen LogP contribution in [0.25, 0.3) is 0 Å². The van der Waals surface area contributed by atoms with E-state index in [4.69, 9.17) is 5.73 Å². The highest BCUT2D eigenvalue weighted by molar-refractivity contribution is 9.09. The second kappa shape index (κ2) is 5.57. The van der Waals surface area contributed by atoms with Gasteiger partial charge in [0.25, 0.3) is 0 Å². The Balaban J connectivity index is 3.27. The molecule has 0 unspecified atom stereocenters. The van der Waals surface area contributed by atoms with E-state index in [1.54, 1.807) is 19.1 Å². The number of benzene rings is 1. The molecular formula is C12H12BrNO2. The van der Waals surface area contributed by atoms with Gasteiger partial charge in [0.05, 0.1) is 18.0 Å². The number of nitrogens with two attached hydrogens (primary N) is 1. The zero-order chi connectivity index (χ0) is 12.1. The minimum Gasteiger partial charge on any atom is -0.465 e. The number of esters is 1. The largest absolute Gasteiger partial charge is 0.465 e. The summed E-state index contributed by atoms with van der Waals surface area (Å²) in [5.41, 5.74) is 8.23. The van der Waals surface area contributed by atoms with Crippen LogP contribution in [0.4, 0.5) is 5.69 Å². The average molecular weight is 282 g/mol. The van der Waals surface area contributed by atoms with Crippen molar-refractivity contribution in [1.29, 1.82) is 0 Å². The fourth-order valence-electron chi connectivity index (χ4n) is 1.27. The van der Waals surface area contributed by atoms with Crippen LogP contribution in [0.5, 0.6) is 0 Å². The van der Waals surface area contributed by atoms with Crippen LogP contribution in [0.3, 0.4) is 0 Å². The first-order valence-corrected chi connectivity index (χ1v) is 5.75. The number of rotatable bonds is 1. The highest BCUT2D eigenvalue weighted by Crippen LogP contribution is 2.19. The molecule has 1 aromatic rings. The third-order valence-corrected chi connectivity index (χ3v) is 2.43. The van der Waals surface area contributed by atoms with E-state index in [2.05, 4.69) is 32.5 Å². The molecule has 2 N–H and O–H groups in total. The van der Waals surface area contributed by atoms with Crippen molar-refractivity contribution in [2.75, 3.05) is 18.2 Å². The molecule has 0 heterocycles. The van der Waals surface area contributed by atoms with Crippen molar-refractivity contribution in [3.63, 3.8) is 0 Å². The summed E-state index contributed by atoms with van der Waals surface area (Å²) in [7, 11) is 1.34. The Kier molecular flexibility index (Phi) is 4.39. The number of carbonyl (C=O) groups is 1. The fraction of sp³-hybridized carbons (Fsp3) is 0.250. The topological polar surface area (TPSA) is 52.3 Å². The lowest BCUT2D eigenvalue weighted by atomic mass is 10.0. The molecule has 0 saturated carbocycles. The number of hydrogen-bond donors (Lipinski definition) is 1. The summed E-state index contributed by atoms with van der Waals surface area (Å²) in [4.78, 5) is 11.5. The summed E-state index contributed by atoms with van der Waals surface area (Å²) in [5.74, 6) is 5.35. The molecule has 0 aromatic heterocycles. The Morgan fingerprint density at radius 3 is 2.81 bits per heavy atom. The van der Waals surface area contributed by atoms with Crippen LogP contribution in [0.15, 0.2) is 12.1 Å². The van der Waals surface area contributed by atoms with Crippen LogP contribution in [0.2, 0.25) is 0 Å². The third kappa shape index (κ3) is 2.77. The maximum atomic E-state index is 11.5. The smallest absolute Gasteiger partial charge is 0.338 e. The maximum absolute atomic E-state index is 11.5. The summed E-state index contributed by atoms with van der Waals surface area (Å²) in [6, 6.07) is 3.44. The van der Waals surface area contributed by atoms with Gasteiger partial charge in [-0.25, -0.2) is 4.79 Å². The number of carbonyl (C=O) groups excluding carboxylic acids is 1. The first-order chi connectivity index (χ1) is 7.60. The van der Waals surface area contributed by atoms with Crippen LogP contribution >= 0.6 is 15.9 Å². The first kappa shape index (κ1) is 12.6. The highest BCUT2D eigenvalue weighted by atomic mass is 79.9. The van der Waals surface area contributed by atoms with Gasteiger partial charge in [0, 0.05) is 11.3 Å². The van der Waals surface area contributed by atoms with E-state index in [9.17, 15) is 4.79 Å². The van der Waals surface area contributed by atoms with E-state index in [-0.39, 0.29) is 0 Å². The van der Waals surface area contributed by atoms with Gasteiger partial charge in [-0.2, -0.15) is 0 Å². The summed E-state index contributed by atoms with van der Waals surface area (Å²) < 4.78 is 4.68. The van der Waals surface area contributed by atoms with Gasteiger partial charge in [-0.1, -0.05) is 27.8 Å². The number of hydrogen-bond acceptors (Lipinski definition) is 3. The molecule has 3 nitrogen and oxygen atoms in total. The first-order valence-electron chi connectivity index (χ1n) is 4.63. The molecule has 0 bridgehead atoms. The predicted octanol–water partition coefficient (Wildman–Crippen LogP) is 2.11. The molecule has 0 spiro atoms. The molecule has 1 aromatic carbocycles. The van der Waals surface area contributed by atoms with Crippen molar-refractivity contribution in [2.24, 2.45) is 0 Å². The van der Waals surface area contributed by atoms with E-state index < -0.39 is 5.97 Å². The lowest BCUT2D eigenvalue weighted by Gasteiger charge is -2.07. The van der Waals surface area contributed by atoms with Crippen LogP contribution in [0.1, 0.15) is 21.5 Å². The van der Waals surface area contributed by atoms with Crippen molar-refractivity contribution in [1.82, 2.24) is 0 Å². The minimum absolute atomic E-state index is 0.397. The number of alkyl halides is 1. The number of nitrogen functional groups attached to an aromatic ring is 1. The summed E-state index contributed by atoms with van der Waals surface area (Å²) in [6.45, 7) is 1.78. The average Bonchev–Trinajstić information content (AvgIpc) is 2.29. The summed E-state index contributed by atoms with van der Waals surface area (Å²) in [5, 5.41) is 0.578. The van der Waals surface area contributed by atoms with Gasteiger partial charge in [0.15, 0.2) is 0 Å². The molecule has 4 heteroatoms. The normalized spacial score (nSPS) is 9.19. The van der Waals surface area contributed by atoms with Gasteiger partial charge < -0.3 is 10.5 Å². The molecule has 84 valence electrons. The van der Waals surface area contributed by atoms with E-state index >= 15 is 0 Å². The molecule has 0 aliphatic rings. The van der Waals surface area contributed by atoms with Gasteiger partial charge in [0.1, 0.15) is 0 Å². The molecule has 0 radical (unpaired) electrons. The number of ether oxygens (including phenoxy) is 1. The molecule has 16 heavy (non-hydrogen) atoms. The molecule has 0 amide bonds. The lowest BCUT2D eigenvalue weighted by Crippen LogP contribution is -2.06. The maximum Gasteiger partial charge on any atom is 0.338 e. The molecule has 0 aliphatic heterocycles. The minimum atomic E-state index is -0.397. The zero-order valence-corrected chi connectivity index (χ0v) is 10.7. The van der Waals surface area contributed by atoms with Crippen molar-refractivity contribution < 1.29 is 9.53 Å². The molecule has 0 aliphatic carbocycles. The Morgan fingerprint density at radius 1 is 1.56 bits per heavy atom. The SMILES string of the molecule is COC(=O)c1cc(C#CCBr)cc(N)c1C. The van der Waals surface area contributed by atoms with E-state index in [0.29, 0.717) is 22.1 Å². The second-order valence-corrected chi connectivity index (χ2v) is 3.73. The van der Waals surface area contributed by atoms with Crippen LogP contribution in [0, 0.1) is 18.8 Å². The van der Waals surface area contributed by atoms with Crippen LogP contribution in [-0.2, 0) is 4.74 Å². The van der Waals surface area contributed by atoms with Gasteiger partial charge in [-0.05, 0) is 24.6 Å². The Labute approximate surface area is 103 Å². The van der Waals surface area contributed by atoms with E-state index in [1.165, 1.54) is 7.11 Å². The standard InChI is InChI=1S/C12H12BrNO2/c1-8-10(12(15)16-2)6-9(4-3-5-13)7-11(8)14/h6-7H,5,14H2,1-2H3. The summed E-state index contributed by atoms with van der Waals surface area (Å²) in [6.07, 6.45) is 0. The molecule has 0 atom stereocenters. The Hall–Kier alpha value is -1.47. The molecule has 0 fully saturated rings. The van der Waals surface area contributed by atoms with Gasteiger partial charge in [-0.3, -0.25) is 0 Å². The third-order valence-electron chi connectivity index (χ3n) is 2.15. The number of methoxy groups -OCH3 is 1. The molecule has 0 saturated heterocycles. The van der Waals surface area contributed by atoms with Crippen molar-refractivity contribution in [2.45, 2.75) is 6.92 Å². The van der Waals surface area contributed by atoms with Gasteiger partial charge >= 0.3 is 5.97 Å². The number of anilines is 1. The Bertz CT molecular complexity index is 472. The fourth-order valence-corrected chi connectivity index (χ4v) is 1.41. The summed E-state index contributed by atoms with van der Waals surface area (Å²) >= 11 is 3.20. The highest BCUT2D eigenvalue weighted by Gasteiger charge is 2.12. The zero-order valence-electron chi connectivity index (χ0n) is 9.13. The quantitative estimate of drug-likeness (QED) is 0.371.